The Morgan fingerprint density at radius 3 is 2.78 bits per heavy atom. The molecule has 0 aliphatic carbocycles. The second-order valence-electron chi connectivity index (χ2n) is 5.36. The number of hydrogen-bond donors (Lipinski definition) is 2. The van der Waals surface area contributed by atoms with Crippen LogP contribution in [0.2, 0.25) is 0 Å². The summed E-state index contributed by atoms with van der Waals surface area (Å²) in [7, 11) is 0. The fourth-order valence-corrected chi connectivity index (χ4v) is 2.30. The number of rotatable bonds is 10. The molecular weight excluding hydrogens is 296 g/mol. The maximum absolute atomic E-state index is 10.6. The fraction of sp³-hybridized carbons (Fsp3) is 0.438. The number of anilines is 2. The number of carbonyl (C=O) groups excluding carboxylic acids is 1. The van der Waals surface area contributed by atoms with Crippen LogP contribution in [0.4, 0.5) is 11.7 Å². The van der Waals surface area contributed by atoms with Crippen LogP contribution < -0.4 is 5.32 Å². The molecule has 0 saturated carbocycles. The molecule has 0 saturated heterocycles. The van der Waals surface area contributed by atoms with Gasteiger partial charge in [0.25, 0.3) is 0 Å². The van der Waals surface area contributed by atoms with Gasteiger partial charge in [-0.15, -0.1) is 5.10 Å². The van der Waals surface area contributed by atoms with Gasteiger partial charge >= 0.3 is 6.01 Å². The first kappa shape index (κ1) is 17.0. The maximum Gasteiger partial charge on any atom is 0.320 e. The normalized spacial score (nSPS) is 11.9. The third-order valence-electron chi connectivity index (χ3n) is 3.50. The Kier molecular flexibility index (Phi) is 6.56. The summed E-state index contributed by atoms with van der Waals surface area (Å²) in [6, 6.07) is 9.81. The molecule has 0 aliphatic rings. The van der Waals surface area contributed by atoms with Gasteiger partial charge in [-0.3, -0.25) is 10.0 Å². The smallest absolute Gasteiger partial charge is 0.320 e. The molecule has 0 aliphatic heterocycles. The summed E-state index contributed by atoms with van der Waals surface area (Å²) in [6.07, 6.45) is 4.29. The summed E-state index contributed by atoms with van der Waals surface area (Å²) in [5.41, 5.74) is 0.849. The average molecular weight is 318 g/mol. The van der Waals surface area contributed by atoms with Gasteiger partial charge in [0.15, 0.2) is 0 Å². The van der Waals surface area contributed by atoms with E-state index in [4.69, 9.17) is 4.42 Å². The Morgan fingerprint density at radius 1 is 1.30 bits per heavy atom. The van der Waals surface area contributed by atoms with Crippen molar-refractivity contribution in [2.75, 3.05) is 11.9 Å². The Hall–Kier alpha value is -2.41. The van der Waals surface area contributed by atoms with Crippen LogP contribution in [0.5, 0.6) is 0 Å². The molecule has 7 nitrogen and oxygen atoms in total. The van der Waals surface area contributed by atoms with Crippen molar-refractivity contribution in [2.45, 2.75) is 38.5 Å². The van der Waals surface area contributed by atoms with Gasteiger partial charge in [0, 0.05) is 5.69 Å². The number of benzene rings is 1. The predicted octanol–water partition coefficient (Wildman–Crippen LogP) is 3.32. The summed E-state index contributed by atoms with van der Waals surface area (Å²) in [5, 5.41) is 21.1. The van der Waals surface area contributed by atoms with Crippen LogP contribution in [0.3, 0.4) is 0 Å². The van der Waals surface area contributed by atoms with Crippen molar-refractivity contribution in [2.24, 2.45) is 0 Å². The highest BCUT2D eigenvalue weighted by atomic mass is 16.5. The van der Waals surface area contributed by atoms with Crippen molar-refractivity contribution in [1.29, 1.82) is 0 Å². The van der Waals surface area contributed by atoms with E-state index in [1.807, 2.05) is 30.3 Å². The zero-order valence-electron chi connectivity index (χ0n) is 13.2. The minimum Gasteiger partial charge on any atom is -0.408 e. The van der Waals surface area contributed by atoms with Crippen molar-refractivity contribution in [3.63, 3.8) is 0 Å². The lowest BCUT2D eigenvalue weighted by atomic mass is 10.0. The van der Waals surface area contributed by atoms with Gasteiger partial charge in [-0.2, -0.15) is 0 Å². The molecule has 0 spiro atoms. The van der Waals surface area contributed by atoms with Crippen LogP contribution in [-0.2, 0) is 4.79 Å². The van der Waals surface area contributed by atoms with Crippen LogP contribution in [0.1, 0.15) is 44.4 Å². The first-order chi connectivity index (χ1) is 11.2. The zero-order chi connectivity index (χ0) is 16.5. The number of nitrogens with zero attached hydrogens (tertiary/aromatic N) is 3. The molecule has 1 aromatic carbocycles. The minimum absolute atomic E-state index is 0.139. The third-order valence-corrected chi connectivity index (χ3v) is 3.50. The quantitative estimate of drug-likeness (QED) is 0.302. The minimum atomic E-state index is -0.185. The van der Waals surface area contributed by atoms with Crippen LogP contribution in [0.15, 0.2) is 34.7 Å². The Bertz CT molecular complexity index is 588. The summed E-state index contributed by atoms with van der Waals surface area (Å²) < 4.78 is 5.64. The standard InChI is InChI=1S/C16H22N4O3/c1-2-3-5-8-13(11-20(22)12-21)15-18-19-16(23-15)17-14-9-6-4-7-10-14/h4,6-7,9-10,12-13,22H,2-3,5,8,11H2,1H3,(H,17,19). The van der Waals surface area contributed by atoms with E-state index in [-0.39, 0.29) is 12.5 Å². The highest BCUT2D eigenvalue weighted by Crippen LogP contribution is 2.24. The molecule has 2 aromatic rings. The average Bonchev–Trinajstić information content (AvgIpc) is 3.03. The van der Waals surface area contributed by atoms with E-state index in [1.54, 1.807) is 0 Å². The number of nitrogens with one attached hydrogen (secondary N) is 1. The summed E-state index contributed by atoms with van der Waals surface area (Å²) in [5.74, 6) is 0.232. The molecule has 0 fully saturated rings. The van der Waals surface area contributed by atoms with Crippen LogP contribution in [0.25, 0.3) is 0 Å². The number of amides is 1. The molecule has 0 bridgehead atoms. The van der Waals surface area contributed by atoms with E-state index in [0.717, 1.165) is 31.4 Å². The molecule has 0 radical (unpaired) electrons. The lowest BCUT2D eigenvalue weighted by Gasteiger charge is -2.16. The molecule has 124 valence electrons. The SMILES string of the molecule is CCCCCC(CN(O)C=O)c1nnc(Nc2ccccc2)o1. The molecule has 23 heavy (non-hydrogen) atoms. The summed E-state index contributed by atoms with van der Waals surface area (Å²) in [4.78, 5) is 10.6. The molecule has 1 aromatic heterocycles. The van der Waals surface area contributed by atoms with Gasteiger partial charge in [-0.05, 0) is 18.6 Å². The van der Waals surface area contributed by atoms with E-state index in [2.05, 4.69) is 22.4 Å². The predicted molar refractivity (Wildman–Crippen MR) is 85.5 cm³/mol. The molecular formula is C16H22N4O3. The highest BCUT2D eigenvalue weighted by Gasteiger charge is 2.21. The van der Waals surface area contributed by atoms with Gasteiger partial charge < -0.3 is 9.73 Å². The van der Waals surface area contributed by atoms with Crippen LogP contribution >= 0.6 is 0 Å². The van der Waals surface area contributed by atoms with Crippen LogP contribution in [-0.4, -0.2) is 33.4 Å². The van der Waals surface area contributed by atoms with E-state index < -0.39 is 0 Å². The number of unbranched alkanes of at least 4 members (excludes halogenated alkanes) is 2. The number of para-hydroxylation sites is 1. The number of aromatic nitrogens is 2. The molecule has 1 heterocycles. The fourth-order valence-electron chi connectivity index (χ4n) is 2.30. The van der Waals surface area contributed by atoms with E-state index in [9.17, 15) is 10.0 Å². The van der Waals surface area contributed by atoms with Crippen molar-refractivity contribution in [3.8, 4) is 0 Å². The second-order valence-corrected chi connectivity index (χ2v) is 5.36. The van der Waals surface area contributed by atoms with Gasteiger partial charge in [0.05, 0.1) is 12.5 Å². The molecule has 1 amide bonds. The highest BCUT2D eigenvalue weighted by molar-refractivity contribution is 5.51. The molecule has 7 heteroatoms. The monoisotopic (exact) mass is 318 g/mol. The van der Waals surface area contributed by atoms with E-state index in [1.165, 1.54) is 0 Å². The second kappa shape index (κ2) is 8.89. The van der Waals surface area contributed by atoms with E-state index >= 15 is 0 Å². The van der Waals surface area contributed by atoms with Gasteiger partial charge in [0.2, 0.25) is 12.3 Å². The number of hydrogen-bond acceptors (Lipinski definition) is 6. The molecule has 2 rings (SSSR count). The molecule has 1 unspecified atom stereocenters. The third kappa shape index (κ3) is 5.37. The maximum atomic E-state index is 10.6. The van der Waals surface area contributed by atoms with Crippen molar-refractivity contribution >= 4 is 18.1 Å². The van der Waals surface area contributed by atoms with Crippen LogP contribution in [0, 0.1) is 0 Å². The largest absolute Gasteiger partial charge is 0.408 e. The lowest BCUT2D eigenvalue weighted by molar-refractivity contribution is -0.151. The lowest BCUT2D eigenvalue weighted by Crippen LogP contribution is -2.24. The van der Waals surface area contributed by atoms with Crippen molar-refractivity contribution < 1.29 is 14.4 Å². The van der Waals surface area contributed by atoms with Gasteiger partial charge in [-0.1, -0.05) is 49.5 Å². The van der Waals surface area contributed by atoms with E-state index in [0.29, 0.717) is 23.4 Å². The zero-order valence-corrected chi connectivity index (χ0v) is 13.2. The topological polar surface area (TPSA) is 91.5 Å². The Balaban J connectivity index is 2.04. The first-order valence-corrected chi connectivity index (χ1v) is 7.79. The van der Waals surface area contributed by atoms with Gasteiger partial charge in [-0.25, -0.2) is 5.06 Å². The summed E-state index contributed by atoms with van der Waals surface area (Å²) in [6.45, 7) is 2.26. The Labute approximate surface area is 135 Å². The van der Waals surface area contributed by atoms with Crippen molar-refractivity contribution in [1.82, 2.24) is 15.3 Å². The Morgan fingerprint density at radius 2 is 2.09 bits per heavy atom. The number of carbonyl (C=O) groups is 1. The summed E-state index contributed by atoms with van der Waals surface area (Å²) >= 11 is 0. The van der Waals surface area contributed by atoms with Gasteiger partial charge in [0.1, 0.15) is 0 Å². The first-order valence-electron chi connectivity index (χ1n) is 7.79. The molecule has 2 N–H and O–H groups in total. The molecule has 1 atom stereocenters. The number of hydroxylamine groups is 2. The van der Waals surface area contributed by atoms with Crippen molar-refractivity contribution in [3.05, 3.63) is 36.2 Å².